The van der Waals surface area contributed by atoms with Crippen molar-refractivity contribution in [1.82, 2.24) is 15.6 Å². The van der Waals surface area contributed by atoms with Gasteiger partial charge in [-0.15, -0.1) is 35.3 Å². The van der Waals surface area contributed by atoms with Crippen molar-refractivity contribution >= 4 is 41.3 Å². The van der Waals surface area contributed by atoms with E-state index in [0.29, 0.717) is 24.6 Å². The molecular weight excluding hydrogens is 528 g/mol. The summed E-state index contributed by atoms with van der Waals surface area (Å²) in [6.45, 7) is 6.59. The molecule has 0 saturated carbocycles. The predicted octanol–water partition coefficient (Wildman–Crippen LogP) is 4.75. The third-order valence-corrected chi connectivity index (χ3v) is 5.13. The maximum absolute atomic E-state index is 12.2. The summed E-state index contributed by atoms with van der Waals surface area (Å²) in [7, 11) is 0. The lowest BCUT2D eigenvalue weighted by Crippen LogP contribution is -2.38. The van der Waals surface area contributed by atoms with Crippen LogP contribution in [0.25, 0.3) is 0 Å². The average molecular weight is 556 g/mol. The quantitative estimate of drug-likeness (QED) is 0.266. The first kappa shape index (κ1) is 26.6. The number of alkyl halides is 3. The van der Waals surface area contributed by atoms with Crippen molar-refractivity contribution in [2.45, 2.75) is 46.5 Å². The molecule has 30 heavy (non-hydrogen) atoms. The molecule has 0 aliphatic rings. The lowest BCUT2D eigenvalue weighted by molar-refractivity contribution is -0.176. The van der Waals surface area contributed by atoms with Crippen LogP contribution in [0.15, 0.2) is 29.3 Å². The van der Waals surface area contributed by atoms with Gasteiger partial charge in [-0.1, -0.05) is 24.3 Å². The zero-order chi connectivity index (χ0) is 21.3. The Bertz CT molecular complexity index is 792. The first-order valence-corrected chi connectivity index (χ1v) is 10.3. The van der Waals surface area contributed by atoms with E-state index in [-0.39, 0.29) is 30.6 Å². The van der Waals surface area contributed by atoms with Crippen LogP contribution in [0, 0.1) is 13.8 Å². The number of hydrogen-bond acceptors (Lipinski definition) is 4. The number of ether oxygens (including phenoxy) is 1. The van der Waals surface area contributed by atoms with Crippen LogP contribution in [0.5, 0.6) is 0 Å². The highest BCUT2D eigenvalue weighted by atomic mass is 127. The van der Waals surface area contributed by atoms with Crippen LogP contribution in [0.1, 0.15) is 33.6 Å². The molecule has 0 radical (unpaired) electrons. The summed E-state index contributed by atoms with van der Waals surface area (Å²) in [5, 5.41) is 7.58. The second-order valence-electron chi connectivity index (χ2n) is 6.55. The summed E-state index contributed by atoms with van der Waals surface area (Å²) in [6.07, 6.45) is -3.50. The second-order valence-corrected chi connectivity index (χ2v) is 7.84. The average Bonchev–Trinajstić information content (AvgIpc) is 2.96. The van der Waals surface area contributed by atoms with Crippen LogP contribution < -0.4 is 10.6 Å². The number of nitrogens with zero attached hydrogens (tertiary/aromatic N) is 2. The van der Waals surface area contributed by atoms with Crippen molar-refractivity contribution in [2.24, 2.45) is 4.99 Å². The molecule has 0 fully saturated rings. The molecule has 0 atom stereocenters. The van der Waals surface area contributed by atoms with Gasteiger partial charge in [0.05, 0.1) is 23.9 Å². The SMILES string of the molecule is CCNC(=NCc1cccc(COCC(F)(F)F)c1)NCCc1nc(C)c(C)s1.I. The molecule has 1 aromatic carbocycles. The van der Waals surface area contributed by atoms with Gasteiger partial charge in [-0.2, -0.15) is 13.2 Å². The first-order chi connectivity index (χ1) is 13.8. The van der Waals surface area contributed by atoms with E-state index in [1.54, 1.807) is 23.5 Å². The molecule has 0 bridgehead atoms. The molecule has 0 amide bonds. The molecule has 1 heterocycles. The third-order valence-electron chi connectivity index (χ3n) is 3.99. The molecule has 1 aromatic heterocycles. The summed E-state index contributed by atoms with van der Waals surface area (Å²) >= 11 is 1.71. The van der Waals surface area contributed by atoms with Crippen molar-refractivity contribution in [3.05, 3.63) is 51.0 Å². The molecule has 2 rings (SSSR count). The first-order valence-electron chi connectivity index (χ1n) is 9.44. The molecule has 0 aliphatic heterocycles. The van der Waals surface area contributed by atoms with Gasteiger partial charge in [0, 0.05) is 24.4 Å². The van der Waals surface area contributed by atoms with E-state index >= 15 is 0 Å². The number of aryl methyl sites for hydroxylation is 2. The summed E-state index contributed by atoms with van der Waals surface area (Å²) in [4.78, 5) is 10.3. The number of thiazole rings is 1. The van der Waals surface area contributed by atoms with Gasteiger partial charge in [-0.25, -0.2) is 9.98 Å². The van der Waals surface area contributed by atoms with E-state index in [4.69, 9.17) is 4.74 Å². The summed E-state index contributed by atoms with van der Waals surface area (Å²) < 4.78 is 41.3. The molecule has 168 valence electrons. The highest BCUT2D eigenvalue weighted by Crippen LogP contribution is 2.17. The van der Waals surface area contributed by atoms with E-state index < -0.39 is 12.8 Å². The summed E-state index contributed by atoms with van der Waals surface area (Å²) in [5.41, 5.74) is 2.67. The minimum Gasteiger partial charge on any atom is -0.367 e. The molecular formula is C20H28F3IN4OS. The van der Waals surface area contributed by atoms with E-state index in [9.17, 15) is 13.2 Å². The van der Waals surface area contributed by atoms with E-state index in [0.717, 1.165) is 29.2 Å². The number of aliphatic imine (C=N–C) groups is 1. The summed E-state index contributed by atoms with van der Waals surface area (Å²) in [6, 6.07) is 7.24. The van der Waals surface area contributed by atoms with E-state index in [2.05, 4.69) is 27.5 Å². The van der Waals surface area contributed by atoms with Gasteiger partial charge in [-0.05, 0) is 31.9 Å². The lowest BCUT2D eigenvalue weighted by Gasteiger charge is -2.11. The van der Waals surface area contributed by atoms with Gasteiger partial charge in [0.15, 0.2) is 5.96 Å². The zero-order valence-electron chi connectivity index (χ0n) is 17.3. The van der Waals surface area contributed by atoms with Crippen LogP contribution in [0.2, 0.25) is 0 Å². The van der Waals surface area contributed by atoms with Gasteiger partial charge in [0.25, 0.3) is 0 Å². The monoisotopic (exact) mass is 556 g/mol. The van der Waals surface area contributed by atoms with Crippen molar-refractivity contribution in [3.63, 3.8) is 0 Å². The Labute approximate surface area is 196 Å². The third kappa shape index (κ3) is 10.1. The van der Waals surface area contributed by atoms with Gasteiger partial charge in [-0.3, -0.25) is 0 Å². The van der Waals surface area contributed by atoms with Gasteiger partial charge < -0.3 is 15.4 Å². The Kier molecular flexibility index (Phi) is 11.6. The molecule has 2 aromatic rings. The molecule has 10 heteroatoms. The lowest BCUT2D eigenvalue weighted by atomic mass is 10.1. The Hall–Kier alpha value is -1.40. The van der Waals surface area contributed by atoms with Crippen molar-refractivity contribution in [1.29, 1.82) is 0 Å². The fraction of sp³-hybridized carbons (Fsp3) is 0.500. The van der Waals surface area contributed by atoms with E-state index in [1.165, 1.54) is 4.88 Å². The molecule has 0 unspecified atom stereocenters. The highest BCUT2D eigenvalue weighted by Gasteiger charge is 2.27. The van der Waals surface area contributed by atoms with Gasteiger partial charge in [0.2, 0.25) is 0 Å². The fourth-order valence-electron chi connectivity index (χ4n) is 2.55. The van der Waals surface area contributed by atoms with Crippen molar-refractivity contribution < 1.29 is 17.9 Å². The zero-order valence-corrected chi connectivity index (χ0v) is 20.5. The molecule has 2 N–H and O–H groups in total. The molecule has 0 spiro atoms. The minimum absolute atomic E-state index is 0. The number of rotatable bonds is 9. The Morgan fingerprint density at radius 2 is 1.93 bits per heavy atom. The number of guanidine groups is 1. The smallest absolute Gasteiger partial charge is 0.367 e. The largest absolute Gasteiger partial charge is 0.411 e. The van der Waals surface area contributed by atoms with Crippen LogP contribution in [0.3, 0.4) is 0 Å². The number of nitrogens with one attached hydrogen (secondary N) is 2. The Morgan fingerprint density at radius 3 is 2.57 bits per heavy atom. The van der Waals surface area contributed by atoms with Crippen LogP contribution in [0.4, 0.5) is 13.2 Å². The van der Waals surface area contributed by atoms with Gasteiger partial charge in [0.1, 0.15) is 6.61 Å². The van der Waals surface area contributed by atoms with Crippen LogP contribution in [-0.4, -0.2) is 36.8 Å². The molecule has 5 nitrogen and oxygen atoms in total. The number of hydrogen-bond donors (Lipinski definition) is 2. The maximum Gasteiger partial charge on any atom is 0.411 e. The maximum atomic E-state index is 12.2. The Balaban J connectivity index is 0.00000450. The van der Waals surface area contributed by atoms with Crippen molar-refractivity contribution in [3.8, 4) is 0 Å². The van der Waals surface area contributed by atoms with Crippen molar-refractivity contribution in [2.75, 3.05) is 19.7 Å². The highest BCUT2D eigenvalue weighted by molar-refractivity contribution is 14.0. The van der Waals surface area contributed by atoms with Crippen LogP contribution >= 0.6 is 35.3 Å². The normalized spacial score (nSPS) is 11.9. The Morgan fingerprint density at radius 1 is 1.20 bits per heavy atom. The number of benzene rings is 1. The molecule has 0 aliphatic carbocycles. The summed E-state index contributed by atoms with van der Waals surface area (Å²) in [5.74, 6) is 0.691. The standard InChI is InChI=1S/C20H27F3N4OS.HI/c1-4-24-19(25-9-8-18-27-14(2)15(3)29-18)26-11-16-6-5-7-17(10-16)12-28-13-20(21,22)23;/h5-7,10H,4,8-9,11-13H2,1-3H3,(H2,24,25,26);1H. The predicted molar refractivity (Wildman–Crippen MR) is 126 cm³/mol. The van der Waals surface area contributed by atoms with E-state index in [1.807, 2.05) is 26.0 Å². The second kappa shape index (κ2) is 13.1. The fourth-order valence-corrected chi connectivity index (χ4v) is 3.48. The minimum atomic E-state index is -4.32. The topological polar surface area (TPSA) is 58.5 Å². The van der Waals surface area contributed by atoms with Crippen LogP contribution in [-0.2, 0) is 24.3 Å². The molecule has 0 saturated heterocycles. The number of halogens is 4. The van der Waals surface area contributed by atoms with Gasteiger partial charge >= 0.3 is 6.18 Å². The number of aromatic nitrogens is 1.